The average Bonchev–Trinajstić information content (AvgIpc) is 3.25. The molecule has 3 heterocycles. The van der Waals surface area contributed by atoms with Gasteiger partial charge in [-0.25, -0.2) is 8.42 Å². The normalized spacial score (nSPS) is 16.3. The summed E-state index contributed by atoms with van der Waals surface area (Å²) in [7, 11) is -3.77. The maximum absolute atomic E-state index is 12.5. The molecular formula is C14H18N4O5S2. The molecule has 0 bridgehead atoms. The standard InChI is InChI=1S/C14H18N4O5S2/c1-9(2)13-16-17-14(24-13)15-12(19)10-3-4-11(23-10)25(20,21)18-5-7-22-8-6-18/h3-4,9H,5-8H2,1-2H3,(H,15,17,19). The van der Waals surface area contributed by atoms with Gasteiger partial charge in [-0.15, -0.1) is 10.2 Å². The third-order valence-corrected chi connectivity index (χ3v) is 6.44. The van der Waals surface area contributed by atoms with Crippen molar-refractivity contribution < 1.29 is 22.4 Å². The number of nitrogens with one attached hydrogen (secondary N) is 1. The van der Waals surface area contributed by atoms with Gasteiger partial charge in [0.1, 0.15) is 5.01 Å². The van der Waals surface area contributed by atoms with Crippen LogP contribution in [-0.4, -0.2) is 55.1 Å². The van der Waals surface area contributed by atoms with Crippen molar-refractivity contribution in [2.45, 2.75) is 24.9 Å². The van der Waals surface area contributed by atoms with Gasteiger partial charge in [0.25, 0.3) is 15.9 Å². The number of ether oxygens (including phenoxy) is 1. The number of hydrogen-bond donors (Lipinski definition) is 1. The number of aromatic nitrogens is 2. The van der Waals surface area contributed by atoms with Crippen LogP contribution in [-0.2, 0) is 14.8 Å². The molecule has 1 aliphatic heterocycles. The first-order valence-corrected chi connectivity index (χ1v) is 9.96. The van der Waals surface area contributed by atoms with E-state index in [1.165, 1.54) is 27.8 Å². The highest BCUT2D eigenvalue weighted by molar-refractivity contribution is 7.89. The summed E-state index contributed by atoms with van der Waals surface area (Å²) in [6, 6.07) is 2.60. The Hall–Kier alpha value is -1.82. The summed E-state index contributed by atoms with van der Waals surface area (Å²) in [5, 5.41) is 11.3. The monoisotopic (exact) mass is 386 g/mol. The first-order chi connectivity index (χ1) is 11.9. The van der Waals surface area contributed by atoms with Crippen LogP contribution in [0.1, 0.15) is 35.3 Å². The van der Waals surface area contributed by atoms with Gasteiger partial charge in [-0.05, 0) is 12.1 Å². The summed E-state index contributed by atoms with van der Waals surface area (Å²) in [4.78, 5) is 12.2. The molecule has 0 radical (unpaired) electrons. The summed E-state index contributed by atoms with van der Waals surface area (Å²) in [6.07, 6.45) is 0. The van der Waals surface area contributed by atoms with E-state index in [4.69, 9.17) is 9.15 Å². The molecule has 0 unspecified atom stereocenters. The minimum atomic E-state index is -3.77. The van der Waals surface area contributed by atoms with Crippen LogP contribution in [0.3, 0.4) is 0 Å². The quantitative estimate of drug-likeness (QED) is 0.828. The highest BCUT2D eigenvalue weighted by atomic mass is 32.2. The van der Waals surface area contributed by atoms with Gasteiger partial charge in [0, 0.05) is 19.0 Å². The number of nitrogens with zero attached hydrogens (tertiary/aromatic N) is 3. The molecule has 0 aromatic carbocycles. The number of furan rings is 1. The van der Waals surface area contributed by atoms with Crippen molar-refractivity contribution in [3.8, 4) is 0 Å². The molecule has 1 fully saturated rings. The fourth-order valence-corrected chi connectivity index (χ4v) is 4.23. The smallest absolute Gasteiger partial charge is 0.293 e. The zero-order valence-corrected chi connectivity index (χ0v) is 15.4. The molecule has 1 aliphatic rings. The van der Waals surface area contributed by atoms with E-state index in [-0.39, 0.29) is 29.9 Å². The molecule has 9 nitrogen and oxygen atoms in total. The van der Waals surface area contributed by atoms with Gasteiger partial charge in [-0.1, -0.05) is 25.2 Å². The topological polar surface area (TPSA) is 115 Å². The van der Waals surface area contributed by atoms with Crippen LogP contribution in [0.15, 0.2) is 21.6 Å². The van der Waals surface area contributed by atoms with Crippen molar-refractivity contribution in [2.24, 2.45) is 0 Å². The Morgan fingerprint density at radius 1 is 1.28 bits per heavy atom. The third kappa shape index (κ3) is 3.89. The van der Waals surface area contributed by atoms with E-state index in [9.17, 15) is 13.2 Å². The molecule has 0 atom stereocenters. The Kier molecular flexibility index (Phi) is 5.18. The summed E-state index contributed by atoms with van der Waals surface area (Å²) in [5.74, 6) is -0.472. The van der Waals surface area contributed by atoms with E-state index in [0.29, 0.717) is 18.3 Å². The Morgan fingerprint density at radius 3 is 2.64 bits per heavy atom. The van der Waals surface area contributed by atoms with Gasteiger partial charge in [0.15, 0.2) is 5.76 Å². The van der Waals surface area contributed by atoms with Crippen LogP contribution >= 0.6 is 11.3 Å². The lowest BCUT2D eigenvalue weighted by atomic mass is 10.2. The second kappa shape index (κ2) is 7.20. The molecule has 2 aromatic heterocycles. The van der Waals surface area contributed by atoms with Gasteiger partial charge in [-0.3, -0.25) is 10.1 Å². The summed E-state index contributed by atoms with van der Waals surface area (Å²) in [6.45, 7) is 5.13. The van der Waals surface area contributed by atoms with Crippen molar-refractivity contribution in [3.63, 3.8) is 0 Å². The Bertz CT molecular complexity index is 852. The molecular weight excluding hydrogens is 368 g/mol. The first kappa shape index (κ1) is 18.0. The highest BCUT2D eigenvalue weighted by Crippen LogP contribution is 2.24. The Balaban J connectivity index is 1.72. The molecule has 1 N–H and O–H groups in total. The molecule has 0 saturated carbocycles. The number of carbonyl (C=O) groups is 1. The molecule has 11 heteroatoms. The van der Waals surface area contributed by atoms with E-state index in [1.54, 1.807) is 0 Å². The molecule has 3 rings (SSSR count). The van der Waals surface area contributed by atoms with Gasteiger partial charge in [0.2, 0.25) is 10.2 Å². The molecule has 136 valence electrons. The minimum Gasteiger partial charge on any atom is -0.438 e. The lowest BCUT2D eigenvalue weighted by Gasteiger charge is -2.24. The van der Waals surface area contributed by atoms with Crippen molar-refractivity contribution in [1.29, 1.82) is 0 Å². The number of hydrogen-bond acceptors (Lipinski definition) is 8. The predicted molar refractivity (Wildman–Crippen MR) is 90.2 cm³/mol. The number of sulfonamides is 1. The lowest BCUT2D eigenvalue weighted by Crippen LogP contribution is -2.40. The molecule has 1 saturated heterocycles. The summed E-state index contributed by atoms with van der Waals surface area (Å²) >= 11 is 1.26. The van der Waals surface area contributed by atoms with Crippen molar-refractivity contribution in [1.82, 2.24) is 14.5 Å². The maximum Gasteiger partial charge on any atom is 0.293 e. The second-order valence-electron chi connectivity index (χ2n) is 5.69. The van der Waals surface area contributed by atoms with Crippen molar-refractivity contribution in [2.75, 3.05) is 31.6 Å². The van der Waals surface area contributed by atoms with Crippen LogP contribution in [0.5, 0.6) is 0 Å². The highest BCUT2D eigenvalue weighted by Gasteiger charge is 2.30. The molecule has 0 spiro atoms. The van der Waals surface area contributed by atoms with Crippen molar-refractivity contribution in [3.05, 3.63) is 22.9 Å². The lowest BCUT2D eigenvalue weighted by molar-refractivity contribution is 0.0723. The zero-order chi connectivity index (χ0) is 18.0. The molecule has 0 aliphatic carbocycles. The van der Waals surface area contributed by atoms with E-state index in [0.717, 1.165) is 5.01 Å². The van der Waals surface area contributed by atoms with Crippen molar-refractivity contribution >= 4 is 32.4 Å². The fraction of sp³-hybridized carbons (Fsp3) is 0.500. The average molecular weight is 386 g/mol. The number of morpholine rings is 1. The van der Waals surface area contributed by atoms with Gasteiger partial charge in [0.05, 0.1) is 13.2 Å². The largest absolute Gasteiger partial charge is 0.438 e. The number of carbonyl (C=O) groups excluding carboxylic acids is 1. The van der Waals surface area contributed by atoms with Gasteiger partial charge >= 0.3 is 0 Å². The second-order valence-corrected chi connectivity index (χ2v) is 8.57. The van der Waals surface area contributed by atoms with Gasteiger partial charge < -0.3 is 9.15 Å². The van der Waals surface area contributed by atoms with E-state index < -0.39 is 15.9 Å². The maximum atomic E-state index is 12.5. The zero-order valence-electron chi connectivity index (χ0n) is 13.8. The minimum absolute atomic E-state index is 0.104. The molecule has 25 heavy (non-hydrogen) atoms. The van der Waals surface area contributed by atoms with Crippen LogP contribution in [0.25, 0.3) is 0 Å². The number of rotatable bonds is 5. The Morgan fingerprint density at radius 2 is 2.00 bits per heavy atom. The Labute approximate surface area is 149 Å². The van der Waals surface area contributed by atoms with Crippen LogP contribution in [0.4, 0.5) is 5.13 Å². The number of amides is 1. The van der Waals surface area contributed by atoms with E-state index >= 15 is 0 Å². The van der Waals surface area contributed by atoms with Crippen LogP contribution in [0.2, 0.25) is 0 Å². The SMILES string of the molecule is CC(C)c1nnc(NC(=O)c2ccc(S(=O)(=O)N3CCOCC3)o2)s1. The van der Waals surface area contributed by atoms with Gasteiger partial charge in [-0.2, -0.15) is 4.31 Å². The van der Waals surface area contributed by atoms with E-state index in [1.807, 2.05) is 13.8 Å². The van der Waals surface area contributed by atoms with Crippen LogP contribution in [0, 0.1) is 0 Å². The molecule has 2 aromatic rings. The number of anilines is 1. The molecule has 1 amide bonds. The predicted octanol–water partition coefficient (Wildman–Crippen LogP) is 1.53. The summed E-state index contributed by atoms with van der Waals surface area (Å²) < 4.78 is 36.7. The van der Waals surface area contributed by atoms with E-state index in [2.05, 4.69) is 15.5 Å². The fourth-order valence-electron chi connectivity index (χ4n) is 2.17. The summed E-state index contributed by atoms with van der Waals surface area (Å²) in [5.41, 5.74) is 0. The first-order valence-electron chi connectivity index (χ1n) is 7.70. The van der Waals surface area contributed by atoms with Crippen LogP contribution < -0.4 is 5.32 Å². The third-order valence-electron chi connectivity index (χ3n) is 3.52.